The maximum absolute atomic E-state index is 14.1. The minimum Gasteiger partial charge on any atom is -0.493 e. The Labute approximate surface area is 152 Å². The second-order valence-electron chi connectivity index (χ2n) is 5.71. The summed E-state index contributed by atoms with van der Waals surface area (Å²) >= 11 is 0. The maximum Gasteiger partial charge on any atom is 0.243 e. The van der Waals surface area contributed by atoms with Gasteiger partial charge in [0.05, 0.1) is 14.2 Å². The van der Waals surface area contributed by atoms with E-state index in [0.29, 0.717) is 5.75 Å². The quantitative estimate of drug-likeness (QED) is 0.710. The van der Waals surface area contributed by atoms with Gasteiger partial charge in [-0.05, 0) is 37.1 Å². The third-order valence-electron chi connectivity index (χ3n) is 3.59. The smallest absolute Gasteiger partial charge is 0.243 e. The molecule has 0 saturated heterocycles. The maximum atomic E-state index is 14.1. The second kappa shape index (κ2) is 8.37. The zero-order valence-corrected chi connectivity index (χ0v) is 15.9. The summed E-state index contributed by atoms with van der Waals surface area (Å²) in [5.74, 6) is -0.0350. The lowest BCUT2D eigenvalue weighted by atomic mass is 10.1. The first-order valence-corrected chi connectivity index (χ1v) is 9.37. The highest BCUT2D eigenvalue weighted by Gasteiger charge is 2.22. The molecule has 0 spiro atoms. The Hall–Kier alpha value is -2.32. The van der Waals surface area contributed by atoms with Crippen molar-refractivity contribution >= 4 is 10.0 Å². The van der Waals surface area contributed by atoms with E-state index < -0.39 is 20.7 Å². The third-order valence-corrected chi connectivity index (χ3v) is 5.06. The van der Waals surface area contributed by atoms with Crippen molar-refractivity contribution in [3.63, 3.8) is 0 Å². The molecule has 0 atom stereocenters. The molecule has 0 aliphatic rings. The average molecular weight is 383 g/mol. The standard InChI is InChI=1S/C18H22FNO5S/c1-12-7-13(2)9-14(8-12)25-6-5-20-26(21,22)18-11-17(24-4)16(23-3)10-15(18)19/h7-11,20H,5-6H2,1-4H3. The molecule has 0 saturated carbocycles. The lowest BCUT2D eigenvalue weighted by Crippen LogP contribution is -2.29. The van der Waals surface area contributed by atoms with Crippen molar-refractivity contribution in [2.24, 2.45) is 0 Å². The molecule has 0 amide bonds. The van der Waals surface area contributed by atoms with Crippen molar-refractivity contribution in [2.45, 2.75) is 18.7 Å². The Bertz CT molecular complexity index is 863. The van der Waals surface area contributed by atoms with Crippen molar-refractivity contribution in [3.8, 4) is 17.2 Å². The van der Waals surface area contributed by atoms with E-state index in [1.807, 2.05) is 32.0 Å². The summed E-state index contributed by atoms with van der Waals surface area (Å²) in [6.07, 6.45) is 0. The van der Waals surface area contributed by atoms with Gasteiger partial charge >= 0.3 is 0 Å². The van der Waals surface area contributed by atoms with Crippen LogP contribution in [0.4, 0.5) is 4.39 Å². The van der Waals surface area contributed by atoms with Gasteiger partial charge in [-0.25, -0.2) is 17.5 Å². The molecule has 0 radical (unpaired) electrons. The zero-order valence-electron chi connectivity index (χ0n) is 15.1. The summed E-state index contributed by atoms with van der Waals surface area (Å²) in [7, 11) is -1.37. The average Bonchev–Trinajstić information content (AvgIpc) is 2.57. The van der Waals surface area contributed by atoms with Crippen molar-refractivity contribution in [1.82, 2.24) is 4.72 Å². The number of hydrogen-bond acceptors (Lipinski definition) is 5. The Morgan fingerprint density at radius 2 is 1.54 bits per heavy atom. The van der Waals surface area contributed by atoms with Crippen LogP contribution < -0.4 is 18.9 Å². The predicted octanol–water partition coefficient (Wildman–Crippen LogP) is 2.82. The Kier molecular flexibility index (Phi) is 6.44. The van der Waals surface area contributed by atoms with E-state index in [1.165, 1.54) is 14.2 Å². The third kappa shape index (κ3) is 4.86. The number of halogens is 1. The van der Waals surface area contributed by atoms with Gasteiger partial charge in [-0.1, -0.05) is 6.07 Å². The molecule has 2 aromatic carbocycles. The molecule has 0 heterocycles. The molecule has 2 rings (SSSR count). The first-order valence-electron chi connectivity index (χ1n) is 7.89. The van der Waals surface area contributed by atoms with Crippen LogP contribution in [0.1, 0.15) is 11.1 Å². The van der Waals surface area contributed by atoms with Crippen LogP contribution in [-0.4, -0.2) is 35.8 Å². The van der Waals surface area contributed by atoms with Gasteiger partial charge < -0.3 is 14.2 Å². The predicted molar refractivity (Wildman–Crippen MR) is 96.1 cm³/mol. The van der Waals surface area contributed by atoms with Crippen molar-refractivity contribution in [2.75, 3.05) is 27.4 Å². The molecule has 0 aromatic heterocycles. The van der Waals surface area contributed by atoms with Crippen LogP contribution in [0.15, 0.2) is 35.2 Å². The van der Waals surface area contributed by atoms with Crippen LogP contribution in [0.5, 0.6) is 17.2 Å². The largest absolute Gasteiger partial charge is 0.493 e. The van der Waals surface area contributed by atoms with Gasteiger partial charge in [0.2, 0.25) is 10.0 Å². The molecule has 2 aromatic rings. The van der Waals surface area contributed by atoms with Gasteiger partial charge in [-0.15, -0.1) is 0 Å². The summed E-state index contributed by atoms with van der Waals surface area (Å²) in [6.45, 7) is 3.99. The molecule has 0 aliphatic heterocycles. The molecular weight excluding hydrogens is 361 g/mol. The van der Waals surface area contributed by atoms with Crippen LogP contribution >= 0.6 is 0 Å². The number of ether oxygens (including phenoxy) is 3. The molecule has 8 heteroatoms. The fourth-order valence-corrected chi connectivity index (χ4v) is 3.57. The Balaban J connectivity index is 2.04. The Morgan fingerprint density at radius 3 is 2.12 bits per heavy atom. The summed E-state index contributed by atoms with van der Waals surface area (Å²) in [5.41, 5.74) is 2.10. The van der Waals surface area contributed by atoms with Gasteiger partial charge in [0, 0.05) is 18.7 Å². The van der Waals surface area contributed by atoms with Gasteiger partial charge in [0.15, 0.2) is 11.5 Å². The molecule has 0 fully saturated rings. The number of nitrogens with one attached hydrogen (secondary N) is 1. The van der Waals surface area contributed by atoms with E-state index >= 15 is 0 Å². The van der Waals surface area contributed by atoms with E-state index in [0.717, 1.165) is 23.3 Å². The second-order valence-corrected chi connectivity index (χ2v) is 7.44. The first-order chi connectivity index (χ1) is 12.3. The molecule has 1 N–H and O–H groups in total. The van der Waals surface area contributed by atoms with E-state index in [9.17, 15) is 12.8 Å². The highest BCUT2D eigenvalue weighted by atomic mass is 32.2. The fraction of sp³-hybridized carbons (Fsp3) is 0.333. The summed E-state index contributed by atoms with van der Waals surface area (Å²) in [4.78, 5) is -0.512. The van der Waals surface area contributed by atoms with Gasteiger partial charge in [0.1, 0.15) is 23.1 Å². The van der Waals surface area contributed by atoms with Gasteiger partial charge in [-0.2, -0.15) is 0 Å². The van der Waals surface area contributed by atoms with Crippen LogP contribution in [0.2, 0.25) is 0 Å². The normalized spacial score (nSPS) is 11.3. The van der Waals surface area contributed by atoms with Crippen LogP contribution in [0.3, 0.4) is 0 Å². The molecular formula is C18H22FNO5S. The van der Waals surface area contributed by atoms with Crippen LogP contribution in [-0.2, 0) is 10.0 Å². The van der Waals surface area contributed by atoms with E-state index in [1.54, 1.807) is 0 Å². The van der Waals surface area contributed by atoms with Crippen LogP contribution in [0, 0.1) is 19.7 Å². The summed E-state index contributed by atoms with van der Waals surface area (Å²) in [5, 5.41) is 0. The van der Waals surface area contributed by atoms with Crippen molar-refractivity contribution < 1.29 is 27.0 Å². The molecule has 26 heavy (non-hydrogen) atoms. The number of aryl methyl sites for hydroxylation is 2. The topological polar surface area (TPSA) is 73.9 Å². The minimum absolute atomic E-state index is 0.0108. The molecule has 0 bridgehead atoms. The number of hydrogen-bond donors (Lipinski definition) is 1. The molecule has 0 aliphatic carbocycles. The first kappa shape index (κ1) is 20.0. The Morgan fingerprint density at radius 1 is 0.962 bits per heavy atom. The summed E-state index contributed by atoms with van der Waals surface area (Å²) in [6, 6.07) is 7.78. The minimum atomic E-state index is -4.06. The highest BCUT2D eigenvalue weighted by Crippen LogP contribution is 2.31. The van der Waals surface area contributed by atoms with Gasteiger partial charge in [-0.3, -0.25) is 0 Å². The van der Waals surface area contributed by atoms with Crippen molar-refractivity contribution in [1.29, 1.82) is 0 Å². The van der Waals surface area contributed by atoms with E-state index in [4.69, 9.17) is 14.2 Å². The number of methoxy groups -OCH3 is 2. The molecule has 142 valence electrons. The van der Waals surface area contributed by atoms with Crippen LogP contribution in [0.25, 0.3) is 0 Å². The fourth-order valence-electron chi connectivity index (χ4n) is 2.48. The van der Waals surface area contributed by atoms with E-state index in [-0.39, 0.29) is 24.7 Å². The number of benzene rings is 2. The zero-order chi connectivity index (χ0) is 19.3. The van der Waals surface area contributed by atoms with E-state index in [2.05, 4.69) is 4.72 Å². The number of rotatable bonds is 8. The monoisotopic (exact) mass is 383 g/mol. The van der Waals surface area contributed by atoms with Gasteiger partial charge in [0.25, 0.3) is 0 Å². The lowest BCUT2D eigenvalue weighted by molar-refractivity contribution is 0.322. The highest BCUT2D eigenvalue weighted by molar-refractivity contribution is 7.89. The van der Waals surface area contributed by atoms with Crippen molar-refractivity contribution in [3.05, 3.63) is 47.3 Å². The molecule has 6 nitrogen and oxygen atoms in total. The summed E-state index contributed by atoms with van der Waals surface area (Å²) < 4.78 is 56.6. The SMILES string of the molecule is COc1cc(F)c(S(=O)(=O)NCCOc2cc(C)cc(C)c2)cc1OC. The number of sulfonamides is 1. The lowest BCUT2D eigenvalue weighted by Gasteiger charge is -2.13. The molecule has 0 unspecified atom stereocenters.